The fourth-order valence-electron chi connectivity index (χ4n) is 3.86. The molecule has 1 aliphatic rings. The topological polar surface area (TPSA) is 64.8 Å². The summed E-state index contributed by atoms with van der Waals surface area (Å²) in [7, 11) is 1.69. The molecular formula is C23H23N5O2. The molecule has 4 heterocycles. The molecule has 3 aromatic heterocycles. The summed E-state index contributed by atoms with van der Waals surface area (Å²) < 4.78 is 13.1. The maximum Gasteiger partial charge on any atom is 0.121 e. The van der Waals surface area contributed by atoms with E-state index in [-0.39, 0.29) is 6.10 Å². The second-order valence-corrected chi connectivity index (χ2v) is 7.40. The van der Waals surface area contributed by atoms with Gasteiger partial charge in [0.05, 0.1) is 19.2 Å². The Bertz CT molecular complexity index is 1130. The van der Waals surface area contributed by atoms with E-state index >= 15 is 0 Å². The number of morpholine rings is 1. The van der Waals surface area contributed by atoms with Crippen LogP contribution in [0, 0.1) is 0 Å². The van der Waals surface area contributed by atoms with Crippen molar-refractivity contribution in [2.45, 2.75) is 12.6 Å². The van der Waals surface area contributed by atoms with E-state index in [1.54, 1.807) is 19.5 Å². The molecule has 1 atom stereocenters. The SMILES string of the molecule is COc1ccc(CN2CCO[C@@H](c3nnn4cc(-c5ccncc5)ccc34)C2)cc1. The highest BCUT2D eigenvalue weighted by atomic mass is 16.5. The van der Waals surface area contributed by atoms with Gasteiger partial charge in [0.25, 0.3) is 0 Å². The minimum absolute atomic E-state index is 0.0960. The molecule has 7 heteroatoms. The predicted octanol–water partition coefficient (Wildman–Crippen LogP) is 3.37. The zero-order valence-corrected chi connectivity index (χ0v) is 16.8. The summed E-state index contributed by atoms with van der Waals surface area (Å²) in [6.07, 6.45) is 5.49. The molecule has 1 aromatic carbocycles. The highest BCUT2D eigenvalue weighted by Gasteiger charge is 2.26. The zero-order valence-electron chi connectivity index (χ0n) is 16.8. The molecule has 152 valence electrons. The van der Waals surface area contributed by atoms with Crippen molar-refractivity contribution in [1.82, 2.24) is 24.7 Å². The van der Waals surface area contributed by atoms with Gasteiger partial charge < -0.3 is 9.47 Å². The van der Waals surface area contributed by atoms with E-state index in [2.05, 4.69) is 44.5 Å². The molecular weight excluding hydrogens is 378 g/mol. The number of hydrogen-bond acceptors (Lipinski definition) is 6. The smallest absolute Gasteiger partial charge is 0.121 e. The van der Waals surface area contributed by atoms with Gasteiger partial charge in [-0.1, -0.05) is 23.4 Å². The third-order valence-electron chi connectivity index (χ3n) is 5.47. The minimum Gasteiger partial charge on any atom is -0.497 e. The number of fused-ring (bicyclic) bond motifs is 1. The van der Waals surface area contributed by atoms with Crippen LogP contribution in [-0.4, -0.2) is 51.5 Å². The second kappa shape index (κ2) is 8.22. The standard InChI is InChI=1S/C23H23N5O2/c1-29-20-5-2-17(3-6-20)14-27-12-13-30-22(16-27)23-21-7-4-19(15-28(21)26-25-23)18-8-10-24-11-9-18/h2-11,15,22H,12-14,16H2,1H3/t22-/m1/s1. The van der Waals surface area contributed by atoms with Crippen LogP contribution in [0.25, 0.3) is 16.6 Å². The Balaban J connectivity index is 1.34. The van der Waals surface area contributed by atoms with Crippen molar-refractivity contribution in [1.29, 1.82) is 0 Å². The van der Waals surface area contributed by atoms with Crippen molar-refractivity contribution in [3.05, 3.63) is 78.4 Å². The lowest BCUT2D eigenvalue weighted by molar-refractivity contribution is -0.0343. The van der Waals surface area contributed by atoms with Crippen LogP contribution in [0.5, 0.6) is 5.75 Å². The second-order valence-electron chi connectivity index (χ2n) is 7.40. The predicted molar refractivity (Wildman–Crippen MR) is 113 cm³/mol. The molecule has 0 unspecified atom stereocenters. The molecule has 4 aromatic rings. The molecule has 0 aliphatic carbocycles. The molecule has 1 saturated heterocycles. The summed E-state index contributed by atoms with van der Waals surface area (Å²) in [4.78, 5) is 6.48. The first-order chi connectivity index (χ1) is 14.8. The zero-order chi connectivity index (χ0) is 20.3. The third-order valence-corrected chi connectivity index (χ3v) is 5.47. The summed E-state index contributed by atoms with van der Waals surface area (Å²) in [5, 5.41) is 8.80. The molecule has 0 radical (unpaired) electrons. The average Bonchev–Trinajstić information content (AvgIpc) is 3.24. The van der Waals surface area contributed by atoms with Gasteiger partial charge in [-0.15, -0.1) is 5.10 Å². The van der Waals surface area contributed by atoms with Gasteiger partial charge in [-0.3, -0.25) is 9.88 Å². The van der Waals surface area contributed by atoms with Crippen LogP contribution in [0.3, 0.4) is 0 Å². The van der Waals surface area contributed by atoms with Crippen molar-refractivity contribution in [3.63, 3.8) is 0 Å². The van der Waals surface area contributed by atoms with Crippen LogP contribution in [0.1, 0.15) is 17.4 Å². The summed E-state index contributed by atoms with van der Waals surface area (Å²) >= 11 is 0. The fraction of sp³-hybridized carbons (Fsp3) is 0.261. The van der Waals surface area contributed by atoms with Crippen LogP contribution >= 0.6 is 0 Å². The van der Waals surface area contributed by atoms with Crippen LogP contribution in [0.4, 0.5) is 0 Å². The van der Waals surface area contributed by atoms with E-state index < -0.39 is 0 Å². The van der Waals surface area contributed by atoms with Crippen LogP contribution in [-0.2, 0) is 11.3 Å². The van der Waals surface area contributed by atoms with Gasteiger partial charge >= 0.3 is 0 Å². The number of hydrogen-bond donors (Lipinski definition) is 0. The van der Waals surface area contributed by atoms with Crippen molar-refractivity contribution < 1.29 is 9.47 Å². The highest BCUT2D eigenvalue weighted by molar-refractivity contribution is 5.65. The van der Waals surface area contributed by atoms with E-state index in [9.17, 15) is 0 Å². The van der Waals surface area contributed by atoms with Crippen molar-refractivity contribution >= 4 is 5.52 Å². The van der Waals surface area contributed by atoms with Gasteiger partial charge in [0.15, 0.2) is 0 Å². The molecule has 0 bridgehead atoms. The van der Waals surface area contributed by atoms with E-state index in [1.165, 1.54) is 5.56 Å². The number of rotatable bonds is 5. The summed E-state index contributed by atoms with van der Waals surface area (Å²) in [6, 6.07) is 16.4. The number of methoxy groups -OCH3 is 1. The summed E-state index contributed by atoms with van der Waals surface area (Å²) in [6.45, 7) is 3.23. The lowest BCUT2D eigenvalue weighted by Gasteiger charge is -2.32. The Hall–Kier alpha value is -3.29. The van der Waals surface area contributed by atoms with Gasteiger partial charge in [0.1, 0.15) is 17.5 Å². The Morgan fingerprint density at radius 1 is 1.03 bits per heavy atom. The van der Waals surface area contributed by atoms with Crippen molar-refractivity contribution in [2.24, 2.45) is 0 Å². The summed E-state index contributed by atoms with van der Waals surface area (Å²) in [5.74, 6) is 0.875. The number of ether oxygens (including phenoxy) is 2. The maximum absolute atomic E-state index is 6.06. The molecule has 0 amide bonds. The maximum atomic E-state index is 6.06. The quantitative estimate of drug-likeness (QED) is 0.511. The largest absolute Gasteiger partial charge is 0.497 e. The van der Waals surface area contributed by atoms with E-state index in [0.29, 0.717) is 6.61 Å². The van der Waals surface area contributed by atoms with Gasteiger partial charge in [0, 0.05) is 43.8 Å². The molecule has 0 N–H and O–H groups in total. The Labute approximate surface area is 174 Å². The lowest BCUT2D eigenvalue weighted by Crippen LogP contribution is -2.38. The highest BCUT2D eigenvalue weighted by Crippen LogP contribution is 2.27. The van der Waals surface area contributed by atoms with E-state index in [0.717, 1.165) is 47.7 Å². The first-order valence-corrected chi connectivity index (χ1v) is 10.0. The number of pyridine rings is 2. The molecule has 0 spiro atoms. The van der Waals surface area contributed by atoms with Crippen molar-refractivity contribution in [2.75, 3.05) is 26.8 Å². The molecule has 1 aliphatic heterocycles. The Kier molecular flexibility index (Phi) is 5.13. The molecule has 5 rings (SSSR count). The normalized spacial score (nSPS) is 17.3. The van der Waals surface area contributed by atoms with Crippen LogP contribution in [0.2, 0.25) is 0 Å². The van der Waals surface area contributed by atoms with E-state index in [1.807, 2.05) is 35.0 Å². The number of aromatic nitrogens is 4. The van der Waals surface area contributed by atoms with Gasteiger partial charge in [-0.2, -0.15) is 0 Å². The fourth-order valence-corrected chi connectivity index (χ4v) is 3.86. The Morgan fingerprint density at radius 2 is 1.87 bits per heavy atom. The number of nitrogens with zero attached hydrogens (tertiary/aromatic N) is 5. The van der Waals surface area contributed by atoms with Crippen molar-refractivity contribution in [3.8, 4) is 16.9 Å². The average molecular weight is 401 g/mol. The van der Waals surface area contributed by atoms with Crippen LogP contribution in [0.15, 0.2) is 67.1 Å². The van der Waals surface area contributed by atoms with Gasteiger partial charge in [0.2, 0.25) is 0 Å². The van der Waals surface area contributed by atoms with Gasteiger partial charge in [-0.25, -0.2) is 4.52 Å². The molecule has 0 saturated carbocycles. The monoisotopic (exact) mass is 401 g/mol. The summed E-state index contributed by atoms with van der Waals surface area (Å²) in [5.41, 5.74) is 5.29. The first kappa shape index (κ1) is 18.7. The van der Waals surface area contributed by atoms with Crippen LogP contribution < -0.4 is 4.74 Å². The third kappa shape index (κ3) is 3.77. The minimum atomic E-state index is -0.0960. The van der Waals surface area contributed by atoms with E-state index in [4.69, 9.17) is 9.47 Å². The number of benzene rings is 1. The van der Waals surface area contributed by atoms with Gasteiger partial charge in [-0.05, 0) is 41.5 Å². The molecule has 7 nitrogen and oxygen atoms in total. The molecule has 30 heavy (non-hydrogen) atoms. The first-order valence-electron chi connectivity index (χ1n) is 10.0. The molecule has 1 fully saturated rings. The Morgan fingerprint density at radius 3 is 2.67 bits per heavy atom. The lowest BCUT2D eigenvalue weighted by atomic mass is 10.1.